The Labute approximate surface area is 175 Å². The van der Waals surface area contributed by atoms with Gasteiger partial charge in [-0.1, -0.05) is 12.1 Å². The number of fused-ring (bicyclic) bond motifs is 1. The monoisotopic (exact) mass is 432 g/mol. The smallest absolute Gasteiger partial charge is 0.262 e. The van der Waals surface area contributed by atoms with Crippen molar-refractivity contribution in [3.8, 4) is 11.5 Å². The van der Waals surface area contributed by atoms with E-state index in [-0.39, 0.29) is 36.3 Å². The zero-order chi connectivity index (χ0) is 21.9. The molecule has 2 aromatic carbocycles. The highest BCUT2D eigenvalue weighted by Gasteiger charge is 2.29. The topological polar surface area (TPSA) is 111 Å². The molecule has 0 radical (unpaired) electrons. The van der Waals surface area contributed by atoms with E-state index < -0.39 is 15.1 Å². The molecule has 0 bridgehead atoms. The van der Waals surface area contributed by atoms with E-state index >= 15 is 0 Å². The molecule has 8 nitrogen and oxygen atoms in total. The van der Waals surface area contributed by atoms with Crippen LogP contribution in [0.4, 0.5) is 5.69 Å². The summed E-state index contributed by atoms with van der Waals surface area (Å²) in [5.41, 5.74) is 1.76. The van der Waals surface area contributed by atoms with Crippen molar-refractivity contribution in [1.29, 1.82) is 0 Å². The molecule has 2 amide bonds. The summed E-state index contributed by atoms with van der Waals surface area (Å²) in [6.45, 7) is 3.25. The highest BCUT2D eigenvalue weighted by atomic mass is 32.2. The van der Waals surface area contributed by atoms with Crippen LogP contribution in [0.5, 0.6) is 11.5 Å². The van der Waals surface area contributed by atoms with E-state index in [1.165, 1.54) is 13.0 Å². The fourth-order valence-electron chi connectivity index (χ4n) is 3.17. The molecule has 160 valence electrons. The molecular weight excluding hydrogens is 408 g/mol. The molecule has 0 saturated carbocycles. The number of ether oxygens (including phenoxy) is 2. The lowest BCUT2D eigenvalue weighted by Crippen LogP contribution is -2.30. The Morgan fingerprint density at radius 2 is 2.07 bits per heavy atom. The van der Waals surface area contributed by atoms with Crippen molar-refractivity contribution in [2.24, 2.45) is 0 Å². The Morgan fingerprint density at radius 1 is 1.30 bits per heavy atom. The molecule has 1 atom stereocenters. The first-order valence-corrected chi connectivity index (χ1v) is 11.0. The number of carbonyl (C=O) groups excluding carboxylic acids is 2. The van der Waals surface area contributed by atoms with Crippen molar-refractivity contribution >= 4 is 27.3 Å². The van der Waals surface area contributed by atoms with E-state index in [0.717, 1.165) is 5.56 Å². The van der Waals surface area contributed by atoms with Gasteiger partial charge in [-0.05, 0) is 43.2 Å². The predicted molar refractivity (Wildman–Crippen MR) is 111 cm³/mol. The Hall–Kier alpha value is -3.07. The second-order valence-electron chi connectivity index (χ2n) is 7.14. The Morgan fingerprint density at radius 3 is 2.80 bits per heavy atom. The zero-order valence-corrected chi connectivity index (χ0v) is 17.8. The maximum atomic E-state index is 13.1. The first kappa shape index (κ1) is 21.6. The molecule has 0 unspecified atom stereocenters. The molecule has 0 saturated heterocycles. The molecule has 2 aromatic rings. The van der Waals surface area contributed by atoms with Gasteiger partial charge in [0, 0.05) is 19.0 Å². The summed E-state index contributed by atoms with van der Waals surface area (Å²) in [7, 11) is -2.22. The number of nitrogens with one attached hydrogen (secondary N) is 2. The summed E-state index contributed by atoms with van der Waals surface area (Å²) >= 11 is 0. The highest BCUT2D eigenvalue weighted by Crippen LogP contribution is 2.34. The second-order valence-corrected chi connectivity index (χ2v) is 9.47. The number of benzene rings is 2. The number of sulfone groups is 1. The molecule has 2 N–H and O–H groups in total. The van der Waals surface area contributed by atoms with Crippen LogP contribution in [0.25, 0.3) is 0 Å². The number of hydrogen-bond donors (Lipinski definition) is 2. The molecular formula is C21H24N2O6S. The first-order valence-electron chi connectivity index (χ1n) is 9.41. The number of rotatable bonds is 7. The molecule has 1 aliphatic rings. The van der Waals surface area contributed by atoms with Gasteiger partial charge in [-0.15, -0.1) is 0 Å². The van der Waals surface area contributed by atoms with Crippen molar-refractivity contribution in [3.05, 3.63) is 47.5 Å². The van der Waals surface area contributed by atoms with Crippen LogP contribution in [0.3, 0.4) is 0 Å². The van der Waals surface area contributed by atoms with Crippen LogP contribution >= 0.6 is 0 Å². The number of methoxy groups -OCH3 is 1. The standard InChI is InChI=1S/C21H24N2O6S/c1-13-7-17-18(29-12-21(25)23-17)10-19(13)30(26,27)14(2)8-20(24)22-11-15-5-4-6-16(9-15)28-3/h4-7,9-10,14H,8,11-12H2,1-3H3,(H,22,24)(H,23,25)/t14-/m0/s1. The number of amides is 2. The lowest BCUT2D eigenvalue weighted by Gasteiger charge is -2.21. The fraction of sp³-hybridized carbons (Fsp3) is 0.333. The molecule has 30 heavy (non-hydrogen) atoms. The summed E-state index contributed by atoms with van der Waals surface area (Å²) in [5, 5.41) is 4.46. The van der Waals surface area contributed by atoms with Crippen molar-refractivity contribution in [2.45, 2.75) is 37.0 Å². The van der Waals surface area contributed by atoms with Crippen LogP contribution in [0.1, 0.15) is 24.5 Å². The van der Waals surface area contributed by atoms with Crippen molar-refractivity contribution in [2.75, 3.05) is 19.0 Å². The van der Waals surface area contributed by atoms with Crippen LogP contribution in [0, 0.1) is 6.92 Å². The Balaban J connectivity index is 1.69. The zero-order valence-electron chi connectivity index (χ0n) is 17.0. The van der Waals surface area contributed by atoms with Crippen LogP contribution in [0.2, 0.25) is 0 Å². The van der Waals surface area contributed by atoms with Gasteiger partial charge in [0.1, 0.15) is 11.5 Å². The summed E-state index contributed by atoms with van der Waals surface area (Å²) in [4.78, 5) is 23.9. The van der Waals surface area contributed by atoms with Gasteiger partial charge in [-0.25, -0.2) is 8.42 Å². The van der Waals surface area contributed by atoms with Gasteiger partial charge in [-0.2, -0.15) is 0 Å². The largest absolute Gasteiger partial charge is 0.497 e. The predicted octanol–water partition coefficient (Wildman–Crippen LogP) is 2.20. The fourth-order valence-corrected chi connectivity index (χ4v) is 4.75. The quantitative estimate of drug-likeness (QED) is 0.694. The van der Waals surface area contributed by atoms with Crippen LogP contribution in [-0.2, 0) is 26.0 Å². The minimum Gasteiger partial charge on any atom is -0.497 e. The average molecular weight is 432 g/mol. The Kier molecular flexibility index (Phi) is 6.31. The van der Waals surface area contributed by atoms with Crippen molar-refractivity contribution < 1.29 is 27.5 Å². The van der Waals surface area contributed by atoms with Gasteiger partial charge in [0.25, 0.3) is 5.91 Å². The molecule has 9 heteroatoms. The Bertz CT molecular complexity index is 1080. The van der Waals surface area contributed by atoms with Crippen molar-refractivity contribution in [3.63, 3.8) is 0 Å². The molecule has 0 aliphatic carbocycles. The van der Waals surface area contributed by atoms with E-state index in [0.29, 0.717) is 22.7 Å². The SMILES string of the molecule is COc1cccc(CNC(=O)C[C@H](C)S(=O)(=O)c2cc3c(cc2C)NC(=O)CO3)c1. The molecule has 3 rings (SSSR count). The highest BCUT2D eigenvalue weighted by molar-refractivity contribution is 7.92. The lowest BCUT2D eigenvalue weighted by atomic mass is 10.2. The minimum absolute atomic E-state index is 0.0884. The molecule has 0 spiro atoms. The maximum Gasteiger partial charge on any atom is 0.262 e. The van der Waals surface area contributed by atoms with Gasteiger partial charge in [-0.3, -0.25) is 9.59 Å². The normalized spacial score (nSPS) is 14.2. The van der Waals surface area contributed by atoms with Crippen LogP contribution < -0.4 is 20.1 Å². The van der Waals surface area contributed by atoms with E-state index in [1.54, 1.807) is 32.2 Å². The molecule has 0 aromatic heterocycles. The number of anilines is 1. The van der Waals surface area contributed by atoms with Gasteiger partial charge in [0.05, 0.1) is 22.9 Å². The minimum atomic E-state index is -3.78. The summed E-state index contributed by atoms with van der Waals surface area (Å²) < 4.78 is 36.6. The number of aryl methyl sites for hydroxylation is 1. The van der Waals surface area contributed by atoms with E-state index in [2.05, 4.69) is 10.6 Å². The third-order valence-electron chi connectivity index (χ3n) is 4.84. The lowest BCUT2D eigenvalue weighted by molar-refractivity contribution is -0.121. The van der Waals surface area contributed by atoms with Crippen LogP contribution in [0.15, 0.2) is 41.3 Å². The number of carbonyl (C=O) groups is 2. The average Bonchev–Trinajstić information content (AvgIpc) is 2.71. The van der Waals surface area contributed by atoms with E-state index in [4.69, 9.17) is 9.47 Å². The van der Waals surface area contributed by atoms with Gasteiger partial charge >= 0.3 is 0 Å². The van der Waals surface area contributed by atoms with Gasteiger partial charge in [0.15, 0.2) is 16.4 Å². The van der Waals surface area contributed by atoms with E-state index in [9.17, 15) is 18.0 Å². The van der Waals surface area contributed by atoms with Crippen LogP contribution in [-0.4, -0.2) is 39.2 Å². The number of hydrogen-bond acceptors (Lipinski definition) is 6. The van der Waals surface area contributed by atoms with E-state index in [1.807, 2.05) is 12.1 Å². The van der Waals surface area contributed by atoms with Gasteiger partial charge < -0.3 is 20.1 Å². The van der Waals surface area contributed by atoms with Gasteiger partial charge in [0.2, 0.25) is 5.91 Å². The molecule has 1 aliphatic heterocycles. The van der Waals surface area contributed by atoms with Crippen molar-refractivity contribution in [1.82, 2.24) is 5.32 Å². The molecule has 1 heterocycles. The second kappa shape index (κ2) is 8.74. The summed E-state index contributed by atoms with van der Waals surface area (Å²) in [5.74, 6) is 0.319. The first-order chi connectivity index (χ1) is 14.2. The molecule has 0 fully saturated rings. The third-order valence-corrected chi connectivity index (χ3v) is 7.12. The maximum absolute atomic E-state index is 13.1. The summed E-state index contributed by atoms with van der Waals surface area (Å²) in [6.07, 6.45) is -0.180. The summed E-state index contributed by atoms with van der Waals surface area (Å²) in [6, 6.07) is 10.2. The third kappa shape index (κ3) is 4.73.